The summed E-state index contributed by atoms with van der Waals surface area (Å²) in [7, 11) is 0. The van der Waals surface area contributed by atoms with Crippen molar-refractivity contribution in [2.45, 2.75) is 0 Å². The Hall–Kier alpha value is -5.31. The molecule has 1 saturated heterocycles. The lowest BCUT2D eigenvalue weighted by atomic mass is 10.1. The first-order valence-corrected chi connectivity index (χ1v) is 11.4. The molecule has 4 aromatic rings. The summed E-state index contributed by atoms with van der Waals surface area (Å²) in [6, 6.07) is 13.3. The Morgan fingerprint density at radius 1 is 0.973 bits per heavy atom. The van der Waals surface area contributed by atoms with Gasteiger partial charge in [0.1, 0.15) is 11.6 Å². The number of nitrogens with one attached hydrogen (secondary N) is 2. The normalized spacial score (nSPS) is 13.3. The number of amides is 3. The summed E-state index contributed by atoms with van der Waals surface area (Å²) in [5, 5.41) is 11.5. The predicted molar refractivity (Wildman–Crippen MR) is 134 cm³/mol. The molecule has 12 nitrogen and oxygen atoms in total. The van der Waals surface area contributed by atoms with Crippen LogP contribution in [0, 0.1) is 11.3 Å². The number of benzene rings is 2. The molecule has 2 aromatic heterocycles. The van der Waals surface area contributed by atoms with Crippen molar-refractivity contribution in [1.82, 2.24) is 24.8 Å². The second-order valence-corrected chi connectivity index (χ2v) is 8.35. The van der Waals surface area contributed by atoms with Crippen molar-refractivity contribution in [3.8, 4) is 6.07 Å². The molecule has 0 spiro atoms. The van der Waals surface area contributed by atoms with Gasteiger partial charge in [-0.3, -0.25) is 19.7 Å². The number of nitrogens with zero attached hydrogens (tertiary/aromatic N) is 6. The van der Waals surface area contributed by atoms with Crippen LogP contribution in [0.5, 0.6) is 0 Å². The summed E-state index contributed by atoms with van der Waals surface area (Å²) in [6.07, 6.45) is 2.95. The molecule has 5 rings (SSSR count). The standard InChI is InChI=1S/C25H21N9O3/c26-12-15-13-28-25(29-14-15)34-10-8-33(9-11-34)23(37)17-6-4-16(5-7-17)22(36)32-24-30-19-3-1-2-18(21(27)35)20(19)31-24/h1-7,13-14H,8-11H2,(H2,27,35)(H2,30,31,32,36). The quantitative estimate of drug-likeness (QED) is 0.374. The summed E-state index contributed by atoms with van der Waals surface area (Å²) < 4.78 is 0. The lowest BCUT2D eigenvalue weighted by Crippen LogP contribution is -2.49. The number of hydrogen-bond acceptors (Lipinski definition) is 8. The number of para-hydroxylation sites is 1. The number of piperazine rings is 1. The first-order valence-electron chi connectivity index (χ1n) is 11.4. The molecule has 4 N–H and O–H groups in total. The molecule has 1 fully saturated rings. The van der Waals surface area contributed by atoms with Crippen LogP contribution in [0.2, 0.25) is 0 Å². The fraction of sp³-hybridized carbons (Fsp3) is 0.160. The van der Waals surface area contributed by atoms with Gasteiger partial charge in [-0.2, -0.15) is 5.26 Å². The summed E-state index contributed by atoms with van der Waals surface area (Å²) in [4.78, 5) is 56.6. The number of nitriles is 1. The number of rotatable bonds is 5. The lowest BCUT2D eigenvalue weighted by molar-refractivity contribution is 0.0745. The van der Waals surface area contributed by atoms with E-state index in [2.05, 4.69) is 25.3 Å². The smallest absolute Gasteiger partial charge is 0.257 e. The highest BCUT2D eigenvalue weighted by molar-refractivity contribution is 6.07. The van der Waals surface area contributed by atoms with Gasteiger partial charge in [0.05, 0.1) is 29.0 Å². The predicted octanol–water partition coefficient (Wildman–Crippen LogP) is 1.54. The monoisotopic (exact) mass is 495 g/mol. The Kier molecular flexibility index (Phi) is 6.17. The number of nitrogens with two attached hydrogens (primary N) is 1. The zero-order valence-electron chi connectivity index (χ0n) is 19.5. The molecule has 12 heteroatoms. The lowest BCUT2D eigenvalue weighted by Gasteiger charge is -2.34. The Morgan fingerprint density at radius 2 is 1.65 bits per heavy atom. The van der Waals surface area contributed by atoms with Crippen molar-refractivity contribution in [3.05, 3.63) is 77.1 Å². The average Bonchev–Trinajstić information content (AvgIpc) is 3.35. The molecular weight excluding hydrogens is 474 g/mol. The number of aromatic nitrogens is 4. The first kappa shape index (κ1) is 23.4. The number of hydrogen-bond donors (Lipinski definition) is 3. The van der Waals surface area contributed by atoms with Crippen LogP contribution in [0.4, 0.5) is 11.9 Å². The van der Waals surface area contributed by atoms with Gasteiger partial charge >= 0.3 is 0 Å². The summed E-state index contributed by atoms with van der Waals surface area (Å²) in [5.74, 6) is -0.465. The third kappa shape index (κ3) is 4.78. The Labute approximate surface area is 210 Å². The topological polar surface area (TPSA) is 174 Å². The van der Waals surface area contributed by atoms with E-state index in [1.807, 2.05) is 11.0 Å². The summed E-state index contributed by atoms with van der Waals surface area (Å²) >= 11 is 0. The number of aromatic amines is 1. The number of carbonyl (C=O) groups is 3. The van der Waals surface area contributed by atoms with E-state index in [9.17, 15) is 14.4 Å². The highest BCUT2D eigenvalue weighted by Crippen LogP contribution is 2.19. The van der Waals surface area contributed by atoms with Gasteiger partial charge in [-0.05, 0) is 36.4 Å². The van der Waals surface area contributed by atoms with E-state index >= 15 is 0 Å². The minimum Gasteiger partial charge on any atom is -0.366 e. The molecule has 2 aromatic carbocycles. The van der Waals surface area contributed by atoms with Crippen molar-refractivity contribution in [1.29, 1.82) is 5.26 Å². The third-order valence-electron chi connectivity index (χ3n) is 6.02. The zero-order chi connectivity index (χ0) is 25.9. The molecule has 0 bridgehead atoms. The number of primary amides is 1. The van der Waals surface area contributed by atoms with Gasteiger partial charge in [0.2, 0.25) is 11.9 Å². The molecule has 37 heavy (non-hydrogen) atoms. The minimum absolute atomic E-state index is 0.136. The largest absolute Gasteiger partial charge is 0.366 e. The molecule has 0 unspecified atom stereocenters. The number of H-pyrrole nitrogens is 1. The van der Waals surface area contributed by atoms with Crippen molar-refractivity contribution in [2.75, 3.05) is 36.4 Å². The molecule has 3 heterocycles. The van der Waals surface area contributed by atoms with Crippen LogP contribution in [0.15, 0.2) is 54.9 Å². The number of imidazole rings is 1. The van der Waals surface area contributed by atoms with Gasteiger partial charge in [0.15, 0.2) is 0 Å². The Balaban J connectivity index is 1.20. The molecule has 1 aliphatic heterocycles. The molecule has 3 amide bonds. The van der Waals surface area contributed by atoms with Crippen molar-refractivity contribution >= 4 is 40.7 Å². The van der Waals surface area contributed by atoms with Crippen LogP contribution >= 0.6 is 0 Å². The molecule has 0 aliphatic carbocycles. The van der Waals surface area contributed by atoms with Crippen LogP contribution in [0.1, 0.15) is 36.6 Å². The second kappa shape index (κ2) is 9.74. The van der Waals surface area contributed by atoms with E-state index in [1.54, 1.807) is 47.4 Å². The molecule has 0 atom stereocenters. The van der Waals surface area contributed by atoms with Gasteiger partial charge in [-0.15, -0.1) is 0 Å². The van der Waals surface area contributed by atoms with Crippen LogP contribution < -0.4 is 16.0 Å². The summed E-state index contributed by atoms with van der Waals surface area (Å²) in [5.41, 5.74) is 7.78. The third-order valence-corrected chi connectivity index (χ3v) is 6.02. The van der Waals surface area contributed by atoms with E-state index in [1.165, 1.54) is 12.4 Å². The fourth-order valence-corrected chi connectivity index (χ4v) is 4.07. The molecule has 0 saturated carbocycles. The van der Waals surface area contributed by atoms with Crippen molar-refractivity contribution in [2.24, 2.45) is 5.73 Å². The fourth-order valence-electron chi connectivity index (χ4n) is 4.07. The number of anilines is 2. The maximum atomic E-state index is 13.0. The van der Waals surface area contributed by atoms with E-state index < -0.39 is 11.8 Å². The first-order chi connectivity index (χ1) is 17.9. The average molecular weight is 496 g/mol. The van der Waals surface area contributed by atoms with Crippen molar-refractivity contribution in [3.63, 3.8) is 0 Å². The minimum atomic E-state index is -0.612. The van der Waals surface area contributed by atoms with E-state index in [0.717, 1.165) is 0 Å². The summed E-state index contributed by atoms with van der Waals surface area (Å²) in [6.45, 7) is 2.10. The van der Waals surface area contributed by atoms with Crippen molar-refractivity contribution < 1.29 is 14.4 Å². The van der Waals surface area contributed by atoms with Crippen LogP contribution in [0.25, 0.3) is 11.0 Å². The highest BCUT2D eigenvalue weighted by atomic mass is 16.2. The van der Waals surface area contributed by atoms with E-state index in [4.69, 9.17) is 11.0 Å². The number of fused-ring (bicyclic) bond motifs is 1. The van der Waals surface area contributed by atoms with Crippen LogP contribution in [0.3, 0.4) is 0 Å². The second-order valence-electron chi connectivity index (χ2n) is 8.35. The Bertz CT molecular complexity index is 1530. The number of carbonyl (C=O) groups excluding carboxylic acids is 3. The molecule has 0 radical (unpaired) electrons. The molecule has 184 valence electrons. The van der Waals surface area contributed by atoms with Gasteiger partial charge in [0.25, 0.3) is 17.7 Å². The van der Waals surface area contributed by atoms with E-state index in [-0.39, 0.29) is 17.4 Å². The molecule has 1 aliphatic rings. The Morgan fingerprint density at radius 3 is 2.30 bits per heavy atom. The van der Waals surface area contributed by atoms with Crippen LogP contribution in [-0.4, -0.2) is 68.7 Å². The highest BCUT2D eigenvalue weighted by Gasteiger charge is 2.24. The SMILES string of the molecule is N#Cc1cnc(N2CCN(C(=O)c3ccc(C(=O)Nc4nc5c(C(N)=O)cccc5[nH]4)cc3)CC2)nc1. The zero-order valence-corrected chi connectivity index (χ0v) is 19.5. The van der Waals surface area contributed by atoms with Gasteiger partial charge in [0, 0.05) is 37.3 Å². The van der Waals surface area contributed by atoms with Gasteiger partial charge in [-0.1, -0.05) is 6.07 Å². The van der Waals surface area contributed by atoms with Gasteiger partial charge < -0.3 is 20.5 Å². The maximum absolute atomic E-state index is 13.0. The molecular formula is C25H21N9O3. The van der Waals surface area contributed by atoms with Crippen LogP contribution in [-0.2, 0) is 0 Å². The van der Waals surface area contributed by atoms with E-state index in [0.29, 0.717) is 59.9 Å². The van der Waals surface area contributed by atoms with Gasteiger partial charge in [-0.25, -0.2) is 15.0 Å². The maximum Gasteiger partial charge on any atom is 0.257 e.